The molecule has 76 valence electrons. The molecule has 0 aliphatic rings. The molecule has 0 saturated carbocycles. The lowest BCUT2D eigenvalue weighted by Crippen LogP contribution is -2.39. The van der Waals surface area contributed by atoms with Gasteiger partial charge in [0.2, 0.25) is 5.91 Å². The van der Waals surface area contributed by atoms with E-state index in [1.165, 1.54) is 19.1 Å². The highest BCUT2D eigenvalue weighted by atomic mass is 16.5. The van der Waals surface area contributed by atoms with Gasteiger partial charge in [-0.2, -0.15) is 0 Å². The summed E-state index contributed by atoms with van der Waals surface area (Å²) in [6, 6.07) is 0. The second-order valence-corrected chi connectivity index (χ2v) is 2.56. The van der Waals surface area contributed by atoms with Gasteiger partial charge in [0.1, 0.15) is 6.54 Å². The summed E-state index contributed by atoms with van der Waals surface area (Å²) in [6.07, 6.45) is 0.331. The Balaban J connectivity index is 4.08. The molecule has 0 aromatic rings. The molecule has 0 saturated heterocycles. The van der Waals surface area contributed by atoms with Crippen LogP contribution in [0.25, 0.3) is 0 Å². The number of hydrogen-bond acceptors (Lipinski definition) is 3. The Kier molecular flexibility index (Phi) is 5.67. The molecule has 0 radical (unpaired) electrons. The molecule has 1 N–H and O–H groups in total. The molecule has 0 aromatic carbocycles. The number of ether oxygens (including phenoxy) is 1. The summed E-state index contributed by atoms with van der Waals surface area (Å²) in [5, 5.41) is 2.44. The minimum Gasteiger partial charge on any atom is -0.453 e. The highest BCUT2D eigenvalue weighted by Gasteiger charge is 2.15. The second-order valence-electron chi connectivity index (χ2n) is 2.56. The van der Waals surface area contributed by atoms with E-state index in [2.05, 4.69) is 10.1 Å². The number of likely N-dealkylation sites (N-methyl/N-ethyl adjacent to an activating group) is 1. The maximum Gasteiger partial charge on any atom is 0.409 e. The Morgan fingerprint density at radius 2 is 2.08 bits per heavy atom. The molecule has 0 spiro atoms. The van der Waals surface area contributed by atoms with Gasteiger partial charge < -0.3 is 10.1 Å². The molecule has 0 fully saturated rings. The molecule has 5 nitrogen and oxygen atoms in total. The summed E-state index contributed by atoms with van der Waals surface area (Å²) < 4.78 is 4.52. The Labute approximate surface area is 78.0 Å². The fourth-order valence-electron chi connectivity index (χ4n) is 0.886. The van der Waals surface area contributed by atoms with Crippen molar-refractivity contribution in [3.8, 4) is 0 Å². The van der Waals surface area contributed by atoms with Gasteiger partial charge in [-0.25, -0.2) is 4.79 Å². The smallest absolute Gasteiger partial charge is 0.409 e. The van der Waals surface area contributed by atoms with Crippen LogP contribution < -0.4 is 5.32 Å². The lowest BCUT2D eigenvalue weighted by molar-refractivity contribution is -0.121. The molecule has 0 aliphatic carbocycles. The van der Waals surface area contributed by atoms with E-state index in [0.29, 0.717) is 6.54 Å². The van der Waals surface area contributed by atoms with Gasteiger partial charge in [-0.3, -0.25) is 9.69 Å². The normalized spacial score (nSPS) is 9.15. The summed E-state index contributed by atoms with van der Waals surface area (Å²) in [6.45, 7) is 2.51. The van der Waals surface area contributed by atoms with Crippen molar-refractivity contribution in [1.82, 2.24) is 10.2 Å². The van der Waals surface area contributed by atoms with Crippen LogP contribution in [-0.4, -0.2) is 44.1 Å². The van der Waals surface area contributed by atoms with Gasteiger partial charge in [-0.15, -0.1) is 0 Å². The van der Waals surface area contributed by atoms with E-state index in [1.54, 1.807) is 0 Å². The van der Waals surface area contributed by atoms with E-state index in [4.69, 9.17) is 0 Å². The van der Waals surface area contributed by atoms with Crippen LogP contribution in [0.15, 0.2) is 0 Å². The molecule has 0 aromatic heterocycles. The van der Waals surface area contributed by atoms with E-state index < -0.39 is 6.09 Å². The molecule has 2 amide bonds. The zero-order valence-electron chi connectivity index (χ0n) is 8.29. The second kappa shape index (κ2) is 6.28. The SMILES string of the molecule is CCCN(CC(=O)NC)C(=O)OC. The maximum atomic E-state index is 11.1. The molecular formula is C8H16N2O3. The number of methoxy groups -OCH3 is 1. The van der Waals surface area contributed by atoms with Crippen LogP contribution in [0.4, 0.5) is 4.79 Å². The first kappa shape index (κ1) is 11.7. The van der Waals surface area contributed by atoms with E-state index >= 15 is 0 Å². The average molecular weight is 188 g/mol. The highest BCUT2D eigenvalue weighted by molar-refractivity contribution is 5.81. The van der Waals surface area contributed by atoms with Crippen LogP contribution in [0.3, 0.4) is 0 Å². The zero-order chi connectivity index (χ0) is 10.3. The molecule has 5 heteroatoms. The van der Waals surface area contributed by atoms with Gasteiger partial charge in [-0.05, 0) is 6.42 Å². The highest BCUT2D eigenvalue weighted by Crippen LogP contribution is 1.94. The number of nitrogens with one attached hydrogen (secondary N) is 1. The molecule has 13 heavy (non-hydrogen) atoms. The van der Waals surface area contributed by atoms with Gasteiger partial charge in [0.05, 0.1) is 7.11 Å². The minimum atomic E-state index is -0.467. The Morgan fingerprint density at radius 1 is 1.46 bits per heavy atom. The van der Waals surface area contributed by atoms with Crippen LogP contribution in [-0.2, 0) is 9.53 Å². The summed E-state index contributed by atoms with van der Waals surface area (Å²) in [5.41, 5.74) is 0. The molecule has 0 rings (SSSR count). The summed E-state index contributed by atoms with van der Waals surface area (Å²) >= 11 is 0. The molecule has 0 bridgehead atoms. The number of hydrogen-bond donors (Lipinski definition) is 1. The molecule has 0 atom stereocenters. The van der Waals surface area contributed by atoms with Crippen molar-refractivity contribution in [1.29, 1.82) is 0 Å². The average Bonchev–Trinajstić information content (AvgIpc) is 2.15. The van der Waals surface area contributed by atoms with Crippen LogP contribution in [0.1, 0.15) is 13.3 Å². The fraction of sp³-hybridized carbons (Fsp3) is 0.750. The minimum absolute atomic E-state index is 0.0526. The summed E-state index contributed by atoms with van der Waals surface area (Å²) in [4.78, 5) is 23.4. The number of rotatable bonds is 4. The van der Waals surface area contributed by atoms with Crippen LogP contribution in [0, 0.1) is 0 Å². The lowest BCUT2D eigenvalue weighted by Gasteiger charge is -2.18. The maximum absolute atomic E-state index is 11.1. The van der Waals surface area contributed by atoms with Crippen LogP contribution in [0.5, 0.6) is 0 Å². The van der Waals surface area contributed by atoms with E-state index in [1.807, 2.05) is 6.92 Å². The van der Waals surface area contributed by atoms with Gasteiger partial charge in [0.15, 0.2) is 0 Å². The van der Waals surface area contributed by atoms with Crippen molar-refractivity contribution in [3.05, 3.63) is 0 Å². The third kappa shape index (κ3) is 4.35. The van der Waals surface area contributed by atoms with Crippen molar-refractivity contribution in [2.24, 2.45) is 0 Å². The van der Waals surface area contributed by atoms with Crippen molar-refractivity contribution in [3.63, 3.8) is 0 Å². The third-order valence-electron chi connectivity index (χ3n) is 1.54. The Bertz CT molecular complexity index is 182. The Morgan fingerprint density at radius 3 is 2.46 bits per heavy atom. The molecule has 0 unspecified atom stereocenters. The molecule has 0 heterocycles. The predicted octanol–water partition coefficient (Wildman–Crippen LogP) is 0.211. The van der Waals surface area contributed by atoms with Gasteiger partial charge in [-0.1, -0.05) is 6.92 Å². The number of amides is 2. The number of nitrogens with zero attached hydrogens (tertiary/aromatic N) is 1. The number of carbonyl (C=O) groups excluding carboxylic acids is 2. The third-order valence-corrected chi connectivity index (χ3v) is 1.54. The van der Waals surface area contributed by atoms with Crippen LogP contribution in [0.2, 0.25) is 0 Å². The quantitative estimate of drug-likeness (QED) is 0.686. The van der Waals surface area contributed by atoms with Crippen molar-refractivity contribution in [2.75, 3.05) is 27.2 Å². The van der Waals surface area contributed by atoms with Gasteiger partial charge in [0.25, 0.3) is 0 Å². The summed E-state index contributed by atoms with van der Waals surface area (Å²) in [5.74, 6) is -0.196. The van der Waals surface area contributed by atoms with Gasteiger partial charge in [0, 0.05) is 13.6 Å². The first-order valence-corrected chi connectivity index (χ1v) is 4.19. The van der Waals surface area contributed by atoms with Crippen molar-refractivity contribution < 1.29 is 14.3 Å². The first-order valence-electron chi connectivity index (χ1n) is 4.19. The Hall–Kier alpha value is -1.26. The van der Waals surface area contributed by atoms with E-state index in [0.717, 1.165) is 6.42 Å². The molecular weight excluding hydrogens is 172 g/mol. The largest absolute Gasteiger partial charge is 0.453 e. The van der Waals surface area contributed by atoms with E-state index in [9.17, 15) is 9.59 Å². The fourth-order valence-corrected chi connectivity index (χ4v) is 0.886. The first-order chi connectivity index (χ1) is 6.15. The predicted molar refractivity (Wildman–Crippen MR) is 48.3 cm³/mol. The molecule has 0 aliphatic heterocycles. The zero-order valence-corrected chi connectivity index (χ0v) is 8.29. The monoisotopic (exact) mass is 188 g/mol. The topological polar surface area (TPSA) is 58.6 Å². The van der Waals surface area contributed by atoms with Crippen molar-refractivity contribution in [2.45, 2.75) is 13.3 Å². The van der Waals surface area contributed by atoms with Gasteiger partial charge >= 0.3 is 6.09 Å². The standard InChI is InChI=1S/C8H16N2O3/c1-4-5-10(8(12)13-3)6-7(11)9-2/h4-6H2,1-3H3,(H,9,11). The van der Waals surface area contributed by atoms with E-state index in [-0.39, 0.29) is 12.5 Å². The summed E-state index contributed by atoms with van der Waals surface area (Å²) in [7, 11) is 2.83. The van der Waals surface area contributed by atoms with Crippen LogP contribution >= 0.6 is 0 Å². The van der Waals surface area contributed by atoms with Crippen molar-refractivity contribution >= 4 is 12.0 Å². The lowest BCUT2D eigenvalue weighted by atomic mass is 10.4. The number of carbonyl (C=O) groups is 2.